The number of aromatic nitrogens is 1. The molecule has 0 aliphatic carbocycles. The van der Waals surface area contributed by atoms with E-state index in [2.05, 4.69) is 28.5 Å². The van der Waals surface area contributed by atoms with Crippen molar-refractivity contribution in [3.05, 3.63) is 61.2 Å². The zero-order valence-electron chi connectivity index (χ0n) is 17.0. The molecule has 1 atom stereocenters. The molecule has 1 aliphatic heterocycles. The molecule has 0 bridgehead atoms. The number of nitrogens with one attached hydrogen (secondary N) is 1. The molecule has 1 saturated heterocycles. The van der Waals surface area contributed by atoms with Gasteiger partial charge in [0.15, 0.2) is 5.84 Å². The minimum atomic E-state index is -2.99. The number of amidine groups is 1. The van der Waals surface area contributed by atoms with E-state index >= 15 is 0 Å². The van der Waals surface area contributed by atoms with Crippen LogP contribution in [0.15, 0.2) is 60.5 Å². The Balaban J connectivity index is 2.15. The normalized spacial score (nSPS) is 18.1. The van der Waals surface area contributed by atoms with Gasteiger partial charge in [0.25, 0.3) is 5.92 Å². The molecule has 1 aromatic heterocycles. The summed E-state index contributed by atoms with van der Waals surface area (Å²) < 4.78 is 26.7. The number of alkyl halides is 2. The molecule has 1 fully saturated rings. The number of allylic oxidation sites excluding steroid dienone is 1. The van der Waals surface area contributed by atoms with Crippen molar-refractivity contribution in [1.82, 2.24) is 14.8 Å². The molecule has 1 aliphatic rings. The minimum Gasteiger partial charge on any atom is -0.352 e. The van der Waals surface area contributed by atoms with Crippen LogP contribution in [0.4, 0.5) is 14.5 Å². The lowest BCUT2D eigenvalue weighted by molar-refractivity contribution is -0.129. The molecule has 1 aromatic rings. The van der Waals surface area contributed by atoms with Crippen LogP contribution in [0.2, 0.25) is 0 Å². The van der Waals surface area contributed by atoms with E-state index < -0.39 is 5.92 Å². The first-order valence-corrected chi connectivity index (χ1v) is 9.35. The van der Waals surface area contributed by atoms with Crippen molar-refractivity contribution in [1.29, 1.82) is 0 Å². The summed E-state index contributed by atoms with van der Waals surface area (Å²) in [5.74, 6) is -2.47. The van der Waals surface area contributed by atoms with E-state index in [9.17, 15) is 13.6 Å². The van der Waals surface area contributed by atoms with Crippen LogP contribution in [-0.4, -0.2) is 52.2 Å². The monoisotopic (exact) mass is 403 g/mol. The molecule has 0 radical (unpaired) electrons. The van der Waals surface area contributed by atoms with Crippen molar-refractivity contribution in [3.8, 4) is 0 Å². The summed E-state index contributed by atoms with van der Waals surface area (Å²) in [5, 5.41) is 3.08. The molecule has 1 amide bonds. The van der Waals surface area contributed by atoms with Gasteiger partial charge in [-0.05, 0) is 32.1 Å². The van der Waals surface area contributed by atoms with Crippen LogP contribution in [-0.2, 0) is 10.7 Å². The lowest BCUT2D eigenvalue weighted by atomic mass is 10.1. The topological polar surface area (TPSA) is 60.8 Å². The van der Waals surface area contributed by atoms with Crippen LogP contribution in [0.25, 0.3) is 0 Å². The molecule has 2 heterocycles. The summed E-state index contributed by atoms with van der Waals surface area (Å²) in [4.78, 5) is 24.1. The quantitative estimate of drug-likeness (QED) is 0.446. The number of nitrogens with zero attached hydrogens (tertiary/aromatic N) is 4. The molecule has 1 N–H and O–H groups in total. The van der Waals surface area contributed by atoms with Crippen LogP contribution in [0, 0.1) is 0 Å². The number of carbonyl (C=O) groups excluding carboxylic acids is 1. The number of aliphatic imine (C=N–C) groups is 1. The Morgan fingerprint density at radius 1 is 1.41 bits per heavy atom. The Morgan fingerprint density at radius 3 is 2.66 bits per heavy atom. The summed E-state index contributed by atoms with van der Waals surface area (Å²) in [5.41, 5.74) is 0.745. The summed E-state index contributed by atoms with van der Waals surface area (Å²) in [6.07, 6.45) is 6.12. The standard InChI is InChI=1S/C21H27F2N5O/c1-6-10-24-20(27-11-12-28(15(3)14-27)19(29)7-2)16(4)26-17-8-9-18(25-13-17)21(5,22)23/h6-10,13,15,26H,2,4,11-12,14H2,1,3,5H3/b10-6-,24-20?. The highest BCUT2D eigenvalue weighted by molar-refractivity contribution is 6.00. The maximum absolute atomic E-state index is 13.3. The van der Waals surface area contributed by atoms with Gasteiger partial charge >= 0.3 is 0 Å². The number of anilines is 1. The molecule has 0 saturated carbocycles. The molecule has 6 nitrogen and oxygen atoms in total. The number of hydrogen-bond acceptors (Lipinski definition) is 4. The van der Waals surface area contributed by atoms with Gasteiger partial charge in [-0.1, -0.05) is 19.2 Å². The lowest BCUT2D eigenvalue weighted by Gasteiger charge is -2.41. The Kier molecular flexibility index (Phi) is 7.25. The van der Waals surface area contributed by atoms with E-state index in [-0.39, 0.29) is 17.6 Å². The van der Waals surface area contributed by atoms with Gasteiger partial charge in [-0.25, -0.2) is 4.99 Å². The molecule has 156 valence electrons. The van der Waals surface area contributed by atoms with Crippen molar-refractivity contribution in [2.75, 3.05) is 25.0 Å². The third-order valence-electron chi connectivity index (χ3n) is 4.51. The van der Waals surface area contributed by atoms with Crippen LogP contribution < -0.4 is 5.32 Å². The van der Waals surface area contributed by atoms with Gasteiger partial charge in [0.1, 0.15) is 5.69 Å². The fourth-order valence-corrected chi connectivity index (χ4v) is 3.05. The Labute approximate surface area is 170 Å². The fraction of sp³-hybridized carbons (Fsp3) is 0.381. The average molecular weight is 403 g/mol. The second-order valence-electron chi connectivity index (χ2n) is 6.89. The molecule has 1 unspecified atom stereocenters. The van der Waals surface area contributed by atoms with E-state index in [1.807, 2.05) is 18.7 Å². The highest BCUT2D eigenvalue weighted by Crippen LogP contribution is 2.26. The second kappa shape index (κ2) is 9.45. The average Bonchev–Trinajstić information content (AvgIpc) is 2.67. The molecule has 8 heteroatoms. The zero-order chi connectivity index (χ0) is 21.6. The highest BCUT2D eigenvalue weighted by atomic mass is 19.3. The minimum absolute atomic E-state index is 0.0226. The van der Waals surface area contributed by atoms with E-state index in [0.717, 1.165) is 6.92 Å². The first-order chi connectivity index (χ1) is 13.7. The van der Waals surface area contributed by atoms with Crippen molar-refractivity contribution in [2.24, 2.45) is 4.99 Å². The third-order valence-corrected chi connectivity index (χ3v) is 4.51. The summed E-state index contributed by atoms with van der Waals surface area (Å²) in [6.45, 7) is 13.9. The zero-order valence-corrected chi connectivity index (χ0v) is 17.0. The van der Waals surface area contributed by atoms with Crippen LogP contribution in [0.3, 0.4) is 0 Å². The molecule has 29 heavy (non-hydrogen) atoms. The highest BCUT2D eigenvalue weighted by Gasteiger charge is 2.29. The predicted octanol–water partition coefficient (Wildman–Crippen LogP) is 3.77. The van der Waals surface area contributed by atoms with E-state index in [4.69, 9.17) is 0 Å². The largest absolute Gasteiger partial charge is 0.352 e. The van der Waals surface area contributed by atoms with E-state index in [0.29, 0.717) is 36.9 Å². The summed E-state index contributed by atoms with van der Waals surface area (Å²) in [7, 11) is 0. The molecule has 0 aromatic carbocycles. The van der Waals surface area contributed by atoms with Gasteiger partial charge in [-0.3, -0.25) is 9.78 Å². The number of piperazine rings is 1. The lowest BCUT2D eigenvalue weighted by Crippen LogP contribution is -2.55. The van der Waals surface area contributed by atoms with Gasteiger partial charge < -0.3 is 15.1 Å². The van der Waals surface area contributed by atoms with Gasteiger partial charge in [0.2, 0.25) is 5.91 Å². The molecular weight excluding hydrogens is 376 g/mol. The number of hydrogen-bond donors (Lipinski definition) is 1. The fourth-order valence-electron chi connectivity index (χ4n) is 3.05. The second-order valence-corrected chi connectivity index (χ2v) is 6.89. The van der Waals surface area contributed by atoms with Crippen molar-refractivity contribution in [3.63, 3.8) is 0 Å². The van der Waals surface area contributed by atoms with Gasteiger partial charge in [-0.15, -0.1) is 0 Å². The number of pyridine rings is 1. The smallest absolute Gasteiger partial charge is 0.286 e. The van der Waals surface area contributed by atoms with Gasteiger partial charge in [-0.2, -0.15) is 8.78 Å². The molecule has 2 rings (SSSR count). The van der Waals surface area contributed by atoms with Crippen molar-refractivity contribution < 1.29 is 13.6 Å². The van der Waals surface area contributed by atoms with Crippen LogP contribution >= 0.6 is 0 Å². The molecule has 0 spiro atoms. The first-order valence-electron chi connectivity index (χ1n) is 9.35. The number of carbonyl (C=O) groups is 1. The molecular formula is C21H27F2N5O. The Bertz CT molecular complexity index is 811. The summed E-state index contributed by atoms with van der Waals surface area (Å²) in [6, 6.07) is 2.78. The number of rotatable bonds is 6. The van der Waals surface area contributed by atoms with Gasteiger partial charge in [0, 0.05) is 38.8 Å². The van der Waals surface area contributed by atoms with Crippen molar-refractivity contribution >= 4 is 17.4 Å². The number of halogens is 2. The van der Waals surface area contributed by atoms with Crippen molar-refractivity contribution in [2.45, 2.75) is 32.7 Å². The van der Waals surface area contributed by atoms with E-state index in [1.54, 1.807) is 17.2 Å². The predicted molar refractivity (Wildman–Crippen MR) is 112 cm³/mol. The van der Waals surface area contributed by atoms with Crippen LogP contribution in [0.1, 0.15) is 26.5 Å². The third kappa shape index (κ3) is 5.73. The summed E-state index contributed by atoms with van der Waals surface area (Å²) >= 11 is 0. The Morgan fingerprint density at radius 2 is 2.14 bits per heavy atom. The maximum atomic E-state index is 13.3. The number of amides is 1. The maximum Gasteiger partial charge on any atom is 0.286 e. The van der Waals surface area contributed by atoms with E-state index in [1.165, 1.54) is 24.4 Å². The van der Waals surface area contributed by atoms with Gasteiger partial charge in [0.05, 0.1) is 17.6 Å². The Hall–Kier alpha value is -3.03. The first kappa shape index (κ1) is 22.3. The SMILES string of the molecule is C=CC(=O)N1CCN(C(=N/C=C\C)C(=C)Nc2ccc(C(C)(F)F)nc2)CC1C. The van der Waals surface area contributed by atoms with Crippen LogP contribution in [0.5, 0.6) is 0 Å².